The van der Waals surface area contributed by atoms with Crippen molar-refractivity contribution in [3.8, 4) is 0 Å². The summed E-state index contributed by atoms with van der Waals surface area (Å²) in [6.07, 6.45) is 2.53. The van der Waals surface area contributed by atoms with E-state index in [1.165, 1.54) is 17.1 Å². The molecule has 0 unspecified atom stereocenters. The molecule has 0 aromatic heterocycles. The van der Waals surface area contributed by atoms with Crippen LogP contribution in [0.4, 0.5) is 0 Å². The number of hydrogen-bond acceptors (Lipinski definition) is 2. The van der Waals surface area contributed by atoms with Crippen molar-refractivity contribution < 1.29 is 9.59 Å². The van der Waals surface area contributed by atoms with E-state index in [0.717, 1.165) is 0 Å². The fraction of sp³-hybridized carbons (Fsp3) is 0.400. The van der Waals surface area contributed by atoms with Crippen LogP contribution in [-0.4, -0.2) is 37.4 Å². The van der Waals surface area contributed by atoms with Crippen molar-refractivity contribution >= 4 is 11.8 Å². The van der Waals surface area contributed by atoms with Crippen LogP contribution in [0.25, 0.3) is 0 Å². The second kappa shape index (κ2) is 9.51. The van der Waals surface area contributed by atoms with E-state index in [9.17, 15) is 9.59 Å². The molecule has 0 heterocycles. The Balaban J connectivity index is 0. The van der Waals surface area contributed by atoms with Crippen molar-refractivity contribution in [1.82, 2.24) is 10.2 Å². The number of likely N-dealkylation sites (N-methyl/N-ethyl adjacent to an activating group) is 2. The van der Waals surface area contributed by atoms with Crippen molar-refractivity contribution in [3.63, 3.8) is 0 Å². The number of carbonyl (C=O) groups is 2. The topological polar surface area (TPSA) is 49.4 Å². The third-order valence-corrected chi connectivity index (χ3v) is 1.15. The standard InChI is InChI=1S/2C5H9NO/c1-4-5(7)6(2)3;1-3-5(7)6-4-2/h4H,1H2,2-3H3;3H,1,4H2,2H3,(H,6,7). The van der Waals surface area contributed by atoms with Gasteiger partial charge in [-0.15, -0.1) is 0 Å². The molecule has 0 rings (SSSR count). The molecule has 4 nitrogen and oxygen atoms in total. The molecule has 0 saturated carbocycles. The fourth-order valence-corrected chi connectivity index (χ4v) is 0.429. The Morgan fingerprint density at radius 3 is 1.86 bits per heavy atom. The molecule has 80 valence electrons. The SMILES string of the molecule is C=CC(=O)N(C)C.C=CC(=O)NCC. The van der Waals surface area contributed by atoms with E-state index in [0.29, 0.717) is 6.54 Å². The van der Waals surface area contributed by atoms with E-state index in [1.807, 2.05) is 6.92 Å². The minimum atomic E-state index is -0.109. The van der Waals surface area contributed by atoms with Crippen LogP contribution < -0.4 is 5.32 Å². The van der Waals surface area contributed by atoms with E-state index < -0.39 is 0 Å². The maximum atomic E-state index is 10.3. The zero-order valence-electron chi connectivity index (χ0n) is 9.04. The number of hydrogen-bond donors (Lipinski definition) is 1. The molecule has 4 heteroatoms. The summed E-state index contributed by atoms with van der Waals surface area (Å²) in [5.41, 5.74) is 0. The predicted octanol–water partition coefficient (Wildman–Crippen LogP) is 0.569. The number of amides is 2. The summed E-state index contributed by atoms with van der Waals surface area (Å²) >= 11 is 0. The summed E-state index contributed by atoms with van der Waals surface area (Å²) in [6.45, 7) is 9.09. The Labute approximate surface area is 85.3 Å². The van der Waals surface area contributed by atoms with Gasteiger partial charge in [0.2, 0.25) is 11.8 Å². The molecule has 0 fully saturated rings. The smallest absolute Gasteiger partial charge is 0.245 e. The van der Waals surface area contributed by atoms with Crippen molar-refractivity contribution in [2.24, 2.45) is 0 Å². The summed E-state index contributed by atoms with van der Waals surface area (Å²) in [4.78, 5) is 22.0. The van der Waals surface area contributed by atoms with E-state index in [-0.39, 0.29) is 11.8 Å². The quantitative estimate of drug-likeness (QED) is 0.674. The number of rotatable bonds is 3. The van der Waals surface area contributed by atoms with Gasteiger partial charge in [-0.2, -0.15) is 0 Å². The molecule has 14 heavy (non-hydrogen) atoms. The lowest BCUT2D eigenvalue weighted by atomic mass is 10.5. The molecule has 0 aliphatic rings. The third kappa shape index (κ3) is 10.4. The minimum Gasteiger partial charge on any atom is -0.353 e. The third-order valence-electron chi connectivity index (χ3n) is 1.15. The molecule has 0 aliphatic carbocycles. The normalized spacial score (nSPS) is 7.64. The largest absolute Gasteiger partial charge is 0.353 e. The van der Waals surface area contributed by atoms with Gasteiger partial charge in [-0.1, -0.05) is 13.2 Å². The van der Waals surface area contributed by atoms with Crippen molar-refractivity contribution in [3.05, 3.63) is 25.3 Å². The minimum absolute atomic E-state index is 0.0556. The molecule has 0 saturated heterocycles. The first-order chi connectivity index (χ1) is 6.49. The Bertz CT molecular complexity index is 210. The second-order valence-electron chi connectivity index (χ2n) is 2.54. The van der Waals surface area contributed by atoms with Crippen LogP contribution in [-0.2, 0) is 9.59 Å². The van der Waals surface area contributed by atoms with Gasteiger partial charge in [0.05, 0.1) is 0 Å². The average Bonchev–Trinajstić information content (AvgIpc) is 2.17. The van der Waals surface area contributed by atoms with Gasteiger partial charge in [0.1, 0.15) is 0 Å². The van der Waals surface area contributed by atoms with Gasteiger partial charge in [0.15, 0.2) is 0 Å². The van der Waals surface area contributed by atoms with Crippen LogP contribution in [0.2, 0.25) is 0 Å². The molecule has 1 N–H and O–H groups in total. The average molecular weight is 198 g/mol. The van der Waals surface area contributed by atoms with Gasteiger partial charge < -0.3 is 10.2 Å². The molecule has 2 amide bonds. The van der Waals surface area contributed by atoms with Crippen molar-refractivity contribution in [2.45, 2.75) is 6.92 Å². The lowest BCUT2D eigenvalue weighted by Gasteiger charge is -2.03. The molecule has 0 spiro atoms. The van der Waals surface area contributed by atoms with Gasteiger partial charge in [0.25, 0.3) is 0 Å². The highest BCUT2D eigenvalue weighted by Crippen LogP contribution is 1.74. The van der Waals surface area contributed by atoms with E-state index in [4.69, 9.17) is 0 Å². The monoisotopic (exact) mass is 198 g/mol. The highest BCUT2D eigenvalue weighted by molar-refractivity contribution is 5.86. The summed E-state index contributed by atoms with van der Waals surface area (Å²) in [7, 11) is 3.37. The lowest BCUT2D eigenvalue weighted by Crippen LogP contribution is -2.19. The van der Waals surface area contributed by atoms with Crippen LogP contribution in [0.1, 0.15) is 6.92 Å². The Kier molecular flexibility index (Phi) is 10.1. The van der Waals surface area contributed by atoms with Gasteiger partial charge in [-0.3, -0.25) is 9.59 Å². The van der Waals surface area contributed by atoms with Gasteiger partial charge in [-0.25, -0.2) is 0 Å². The van der Waals surface area contributed by atoms with E-state index >= 15 is 0 Å². The molecule has 0 radical (unpaired) electrons. The Morgan fingerprint density at radius 1 is 1.29 bits per heavy atom. The van der Waals surface area contributed by atoms with Crippen molar-refractivity contribution in [1.29, 1.82) is 0 Å². The summed E-state index contributed by atoms with van der Waals surface area (Å²) in [5, 5.41) is 2.54. The zero-order chi connectivity index (χ0) is 11.6. The van der Waals surface area contributed by atoms with Gasteiger partial charge in [0, 0.05) is 20.6 Å². The van der Waals surface area contributed by atoms with E-state index in [2.05, 4.69) is 18.5 Å². The molecule has 0 atom stereocenters. The van der Waals surface area contributed by atoms with Crippen LogP contribution >= 0.6 is 0 Å². The van der Waals surface area contributed by atoms with Crippen LogP contribution in [0.5, 0.6) is 0 Å². The van der Waals surface area contributed by atoms with E-state index in [1.54, 1.807) is 14.1 Å². The number of carbonyl (C=O) groups excluding carboxylic acids is 2. The van der Waals surface area contributed by atoms with Gasteiger partial charge in [-0.05, 0) is 19.1 Å². The van der Waals surface area contributed by atoms with Crippen LogP contribution in [0.3, 0.4) is 0 Å². The lowest BCUT2D eigenvalue weighted by molar-refractivity contribution is -0.123. The maximum absolute atomic E-state index is 10.3. The maximum Gasteiger partial charge on any atom is 0.245 e. The van der Waals surface area contributed by atoms with Crippen LogP contribution in [0.15, 0.2) is 25.3 Å². The highest BCUT2D eigenvalue weighted by atomic mass is 16.2. The predicted molar refractivity (Wildman–Crippen MR) is 57.8 cm³/mol. The Morgan fingerprint density at radius 2 is 1.79 bits per heavy atom. The fourth-order valence-electron chi connectivity index (χ4n) is 0.429. The molecule has 0 aromatic carbocycles. The summed E-state index contributed by atoms with van der Waals surface area (Å²) < 4.78 is 0. The first-order valence-corrected chi connectivity index (χ1v) is 4.23. The molecular formula is C10H18N2O2. The van der Waals surface area contributed by atoms with Crippen LogP contribution in [0, 0.1) is 0 Å². The van der Waals surface area contributed by atoms with Crippen molar-refractivity contribution in [2.75, 3.05) is 20.6 Å². The summed E-state index contributed by atoms with van der Waals surface area (Å²) in [6, 6.07) is 0. The molecule has 0 aliphatic heterocycles. The number of nitrogens with one attached hydrogen (secondary N) is 1. The first kappa shape index (κ1) is 14.9. The zero-order valence-corrected chi connectivity index (χ0v) is 9.04. The number of nitrogens with zero attached hydrogens (tertiary/aromatic N) is 1. The first-order valence-electron chi connectivity index (χ1n) is 4.23. The molecule has 0 bridgehead atoms. The second-order valence-corrected chi connectivity index (χ2v) is 2.54. The molecule has 0 aromatic rings. The summed E-state index contributed by atoms with van der Waals surface area (Å²) in [5.74, 6) is -0.164. The Hall–Kier alpha value is -1.58. The van der Waals surface area contributed by atoms with Gasteiger partial charge >= 0.3 is 0 Å². The highest BCUT2D eigenvalue weighted by Gasteiger charge is 1.91. The molecular weight excluding hydrogens is 180 g/mol.